The lowest BCUT2D eigenvalue weighted by Crippen LogP contribution is -2.51. The highest BCUT2D eigenvalue weighted by atomic mass is 16.3. The lowest BCUT2D eigenvalue weighted by molar-refractivity contribution is -0.136. The summed E-state index contributed by atoms with van der Waals surface area (Å²) in [5.74, 6) is 0.752. The van der Waals surface area contributed by atoms with Gasteiger partial charge in [-0.2, -0.15) is 0 Å². The van der Waals surface area contributed by atoms with E-state index in [1.165, 1.54) is 0 Å². The molecule has 2 aliphatic heterocycles. The Kier molecular flexibility index (Phi) is 2.74. The number of aliphatic hydroxyl groups is 1. The number of aliphatic hydroxyl groups excluding tert-OH is 1. The average molecular weight is 198 g/mol. The molecule has 0 bridgehead atoms. The van der Waals surface area contributed by atoms with Gasteiger partial charge in [0.15, 0.2) is 0 Å². The van der Waals surface area contributed by atoms with Crippen molar-refractivity contribution in [2.24, 2.45) is 11.8 Å². The van der Waals surface area contributed by atoms with Crippen LogP contribution in [0.1, 0.15) is 13.3 Å². The van der Waals surface area contributed by atoms with E-state index < -0.39 is 0 Å². The largest absolute Gasteiger partial charge is 0.393 e. The Morgan fingerprint density at radius 2 is 2.29 bits per heavy atom. The molecule has 2 unspecified atom stereocenters. The van der Waals surface area contributed by atoms with E-state index in [9.17, 15) is 9.90 Å². The molecule has 2 saturated heterocycles. The van der Waals surface area contributed by atoms with Crippen LogP contribution in [0.2, 0.25) is 0 Å². The minimum atomic E-state index is -0.285. The third kappa shape index (κ3) is 1.77. The molecule has 0 radical (unpaired) electrons. The third-order valence-corrected chi connectivity index (χ3v) is 3.35. The van der Waals surface area contributed by atoms with Gasteiger partial charge in [0.2, 0.25) is 5.91 Å². The molecular weight excluding hydrogens is 180 g/mol. The number of rotatable bonds is 2. The highest BCUT2D eigenvalue weighted by Gasteiger charge is 2.34. The molecule has 14 heavy (non-hydrogen) atoms. The monoisotopic (exact) mass is 198 g/mol. The second kappa shape index (κ2) is 3.87. The molecule has 0 aromatic rings. The molecule has 2 rings (SSSR count). The molecule has 4 nitrogen and oxygen atoms in total. The molecule has 2 heterocycles. The normalized spacial score (nSPS) is 30.1. The highest BCUT2D eigenvalue weighted by Crippen LogP contribution is 2.22. The van der Waals surface area contributed by atoms with Crippen LogP contribution in [0.25, 0.3) is 0 Å². The Bertz CT molecular complexity index is 226. The summed E-state index contributed by atoms with van der Waals surface area (Å²) in [6.45, 7) is 5.03. The van der Waals surface area contributed by atoms with Crippen LogP contribution < -0.4 is 5.32 Å². The van der Waals surface area contributed by atoms with Gasteiger partial charge >= 0.3 is 0 Å². The molecule has 4 heteroatoms. The molecule has 80 valence electrons. The fraction of sp³-hybridized carbons (Fsp3) is 0.900. The van der Waals surface area contributed by atoms with Gasteiger partial charge in [0.25, 0.3) is 0 Å². The van der Waals surface area contributed by atoms with Crippen LogP contribution in [0.5, 0.6) is 0 Å². The van der Waals surface area contributed by atoms with Gasteiger partial charge in [-0.05, 0) is 13.3 Å². The van der Waals surface area contributed by atoms with Gasteiger partial charge in [0.1, 0.15) is 0 Å². The molecule has 2 aliphatic rings. The first kappa shape index (κ1) is 9.93. The molecule has 2 atom stereocenters. The number of nitrogens with one attached hydrogen (secondary N) is 1. The molecule has 0 aromatic heterocycles. The molecule has 0 aliphatic carbocycles. The van der Waals surface area contributed by atoms with Crippen molar-refractivity contribution in [2.45, 2.75) is 19.4 Å². The molecular formula is C10H18N2O2. The number of hydrogen-bond acceptors (Lipinski definition) is 3. The quantitative estimate of drug-likeness (QED) is 0.625. The van der Waals surface area contributed by atoms with E-state index in [2.05, 4.69) is 5.32 Å². The summed E-state index contributed by atoms with van der Waals surface area (Å²) in [6.07, 6.45) is 0.663. The number of amides is 1. The van der Waals surface area contributed by atoms with Gasteiger partial charge < -0.3 is 15.3 Å². The van der Waals surface area contributed by atoms with E-state index >= 15 is 0 Å². The Morgan fingerprint density at radius 1 is 1.57 bits per heavy atom. The Balaban J connectivity index is 1.85. The lowest BCUT2D eigenvalue weighted by Gasteiger charge is -2.30. The van der Waals surface area contributed by atoms with Crippen molar-refractivity contribution in [3.8, 4) is 0 Å². The number of likely N-dealkylation sites (tertiary alicyclic amines) is 1. The summed E-state index contributed by atoms with van der Waals surface area (Å²) >= 11 is 0. The Hall–Kier alpha value is -0.610. The predicted molar refractivity (Wildman–Crippen MR) is 52.7 cm³/mol. The molecule has 2 fully saturated rings. The van der Waals surface area contributed by atoms with Crippen molar-refractivity contribution in [3.63, 3.8) is 0 Å². The van der Waals surface area contributed by atoms with Crippen LogP contribution in [0, 0.1) is 11.8 Å². The van der Waals surface area contributed by atoms with Crippen molar-refractivity contribution in [2.75, 3.05) is 26.2 Å². The summed E-state index contributed by atoms with van der Waals surface area (Å²) in [7, 11) is 0. The van der Waals surface area contributed by atoms with E-state index in [0.717, 1.165) is 32.6 Å². The zero-order valence-electron chi connectivity index (χ0n) is 8.57. The second-order valence-electron chi connectivity index (χ2n) is 4.43. The highest BCUT2D eigenvalue weighted by molar-refractivity contribution is 5.80. The van der Waals surface area contributed by atoms with Crippen LogP contribution in [0.4, 0.5) is 0 Å². The minimum absolute atomic E-state index is 0.197. The first-order valence-electron chi connectivity index (χ1n) is 5.36. The third-order valence-electron chi connectivity index (χ3n) is 3.35. The topological polar surface area (TPSA) is 52.6 Å². The lowest BCUT2D eigenvalue weighted by atomic mass is 10.0. The zero-order chi connectivity index (χ0) is 10.1. The minimum Gasteiger partial charge on any atom is -0.393 e. The van der Waals surface area contributed by atoms with E-state index in [0.29, 0.717) is 0 Å². The molecule has 1 amide bonds. The maximum atomic E-state index is 11.8. The SMILES string of the molecule is CC(O)C1CCN(C(=O)C2CNC2)C1. The summed E-state index contributed by atoms with van der Waals surface area (Å²) in [5.41, 5.74) is 0. The number of hydrogen-bond donors (Lipinski definition) is 2. The van der Waals surface area contributed by atoms with Gasteiger partial charge in [-0.1, -0.05) is 0 Å². The molecule has 0 saturated carbocycles. The fourth-order valence-electron chi connectivity index (χ4n) is 2.10. The van der Waals surface area contributed by atoms with E-state index in [1.54, 1.807) is 0 Å². The summed E-state index contributed by atoms with van der Waals surface area (Å²) in [4.78, 5) is 13.7. The summed E-state index contributed by atoms with van der Waals surface area (Å²) < 4.78 is 0. The zero-order valence-corrected chi connectivity index (χ0v) is 8.57. The maximum Gasteiger partial charge on any atom is 0.228 e. The van der Waals surface area contributed by atoms with Crippen LogP contribution in [-0.4, -0.2) is 48.2 Å². The smallest absolute Gasteiger partial charge is 0.228 e. The van der Waals surface area contributed by atoms with Crippen LogP contribution in [0.15, 0.2) is 0 Å². The molecule has 2 N–H and O–H groups in total. The van der Waals surface area contributed by atoms with Crippen LogP contribution >= 0.6 is 0 Å². The van der Waals surface area contributed by atoms with Gasteiger partial charge in [0.05, 0.1) is 12.0 Å². The Morgan fingerprint density at radius 3 is 2.71 bits per heavy atom. The van der Waals surface area contributed by atoms with E-state index in [-0.39, 0.29) is 23.8 Å². The first-order valence-corrected chi connectivity index (χ1v) is 5.36. The summed E-state index contributed by atoms with van der Waals surface area (Å²) in [6, 6.07) is 0. The first-order chi connectivity index (χ1) is 6.68. The van der Waals surface area contributed by atoms with Gasteiger partial charge in [-0.3, -0.25) is 4.79 Å². The second-order valence-corrected chi connectivity index (χ2v) is 4.43. The van der Waals surface area contributed by atoms with E-state index in [4.69, 9.17) is 0 Å². The number of carbonyl (C=O) groups excluding carboxylic acids is 1. The molecule has 0 spiro atoms. The summed E-state index contributed by atoms with van der Waals surface area (Å²) in [5, 5.41) is 12.5. The van der Waals surface area contributed by atoms with Crippen LogP contribution in [0.3, 0.4) is 0 Å². The van der Waals surface area contributed by atoms with Crippen LogP contribution in [-0.2, 0) is 4.79 Å². The predicted octanol–water partition coefficient (Wildman–Crippen LogP) is -0.565. The van der Waals surface area contributed by atoms with Crippen molar-refractivity contribution in [1.29, 1.82) is 0 Å². The molecule has 0 aromatic carbocycles. The fourth-order valence-corrected chi connectivity index (χ4v) is 2.10. The standard InChI is InChI=1S/C10H18N2O2/c1-7(13)8-2-3-12(6-8)10(14)9-4-11-5-9/h7-9,11,13H,2-6H2,1H3. The van der Waals surface area contributed by atoms with Crippen molar-refractivity contribution in [1.82, 2.24) is 10.2 Å². The number of carbonyl (C=O) groups is 1. The van der Waals surface area contributed by atoms with Crippen molar-refractivity contribution in [3.05, 3.63) is 0 Å². The van der Waals surface area contributed by atoms with Gasteiger partial charge in [-0.25, -0.2) is 0 Å². The van der Waals surface area contributed by atoms with E-state index in [1.807, 2.05) is 11.8 Å². The van der Waals surface area contributed by atoms with Gasteiger partial charge in [0, 0.05) is 32.1 Å². The van der Waals surface area contributed by atoms with Crippen molar-refractivity contribution >= 4 is 5.91 Å². The average Bonchev–Trinajstić information content (AvgIpc) is 2.48. The number of nitrogens with zero attached hydrogens (tertiary/aromatic N) is 1. The van der Waals surface area contributed by atoms with Gasteiger partial charge in [-0.15, -0.1) is 0 Å². The van der Waals surface area contributed by atoms with Crippen molar-refractivity contribution < 1.29 is 9.90 Å². The maximum absolute atomic E-state index is 11.8. The Labute approximate surface area is 84.3 Å².